The predicted molar refractivity (Wildman–Crippen MR) is 80.9 cm³/mol. The molecular weight excluding hydrogens is 352 g/mol. The van der Waals surface area contributed by atoms with Gasteiger partial charge in [0.15, 0.2) is 10.1 Å². The van der Waals surface area contributed by atoms with Gasteiger partial charge in [0.25, 0.3) is 0 Å². The maximum atomic E-state index is 11.9. The quantitative estimate of drug-likeness (QED) is 0.595. The van der Waals surface area contributed by atoms with Gasteiger partial charge in [-0.3, -0.25) is 4.79 Å². The van der Waals surface area contributed by atoms with Crippen LogP contribution in [0.3, 0.4) is 0 Å². The van der Waals surface area contributed by atoms with Crippen LogP contribution in [-0.4, -0.2) is 27.1 Å². The normalized spacial score (nSPS) is 10.6. The van der Waals surface area contributed by atoms with E-state index in [4.69, 9.17) is 0 Å². The number of hydrogen-bond acceptors (Lipinski definition) is 6. The first-order valence-electron chi connectivity index (χ1n) is 4.98. The third kappa shape index (κ3) is 3.81. The molecule has 3 nitrogen and oxygen atoms in total. The Hall–Kier alpha value is -0.370. The third-order valence-corrected chi connectivity index (χ3v) is 5.09. The van der Waals surface area contributed by atoms with Gasteiger partial charge in [-0.05, 0) is 29.9 Å². The molecule has 7 heteroatoms. The van der Waals surface area contributed by atoms with Crippen LogP contribution in [-0.2, 0) is 0 Å². The van der Waals surface area contributed by atoms with Crippen LogP contribution in [0.1, 0.15) is 10.4 Å². The Labute approximate surface area is 126 Å². The van der Waals surface area contributed by atoms with Gasteiger partial charge in [-0.2, -0.15) is 4.37 Å². The van der Waals surface area contributed by atoms with Gasteiger partial charge >= 0.3 is 0 Å². The number of Topliss-reactive ketones (excluding diaryl/α,β-unsaturated/α-hetero) is 1. The molecule has 0 N–H and O–H groups in total. The SMILES string of the molecule is CSc1nsc(SCC(=O)c2ccc(Br)cc2)n1. The number of rotatable bonds is 5. The van der Waals surface area contributed by atoms with E-state index in [-0.39, 0.29) is 5.78 Å². The molecule has 94 valence electrons. The minimum atomic E-state index is 0.105. The summed E-state index contributed by atoms with van der Waals surface area (Å²) in [5.74, 6) is 0.499. The standard InChI is InChI=1S/C11H9BrN2OS3/c1-16-10-13-11(18-14-10)17-6-9(15)7-2-4-8(12)5-3-7/h2-5H,6H2,1H3. The summed E-state index contributed by atoms with van der Waals surface area (Å²) in [5.41, 5.74) is 0.723. The number of benzene rings is 1. The number of hydrogen-bond donors (Lipinski definition) is 0. The zero-order chi connectivity index (χ0) is 13.0. The summed E-state index contributed by atoms with van der Waals surface area (Å²) < 4.78 is 5.96. The lowest BCUT2D eigenvalue weighted by Crippen LogP contribution is -2.01. The second kappa shape index (κ2) is 6.70. The van der Waals surface area contributed by atoms with E-state index in [1.165, 1.54) is 35.1 Å². The Morgan fingerprint density at radius 1 is 1.39 bits per heavy atom. The van der Waals surface area contributed by atoms with Crippen LogP contribution in [0.4, 0.5) is 0 Å². The molecule has 0 spiro atoms. The largest absolute Gasteiger partial charge is 0.293 e. The Balaban J connectivity index is 1.93. The fourth-order valence-electron chi connectivity index (χ4n) is 1.18. The fraction of sp³-hybridized carbons (Fsp3) is 0.182. The maximum Gasteiger partial charge on any atom is 0.200 e. The highest BCUT2D eigenvalue weighted by molar-refractivity contribution is 9.10. The number of carbonyl (C=O) groups excluding carboxylic acids is 1. The summed E-state index contributed by atoms with van der Waals surface area (Å²) in [6.07, 6.45) is 1.93. The molecule has 0 aliphatic rings. The highest BCUT2D eigenvalue weighted by Gasteiger charge is 2.09. The molecule has 0 aliphatic heterocycles. The van der Waals surface area contributed by atoms with E-state index >= 15 is 0 Å². The molecule has 0 unspecified atom stereocenters. The lowest BCUT2D eigenvalue weighted by Gasteiger charge is -1.99. The lowest BCUT2D eigenvalue weighted by atomic mass is 10.2. The van der Waals surface area contributed by atoms with Gasteiger partial charge in [-0.15, -0.1) is 0 Å². The fourth-order valence-corrected chi connectivity index (χ4v) is 3.55. The topological polar surface area (TPSA) is 42.9 Å². The highest BCUT2D eigenvalue weighted by Crippen LogP contribution is 2.24. The van der Waals surface area contributed by atoms with Crippen LogP contribution in [0.5, 0.6) is 0 Å². The van der Waals surface area contributed by atoms with E-state index in [9.17, 15) is 4.79 Å². The van der Waals surface area contributed by atoms with Crippen molar-refractivity contribution in [2.24, 2.45) is 0 Å². The van der Waals surface area contributed by atoms with Gasteiger partial charge in [0, 0.05) is 10.0 Å². The zero-order valence-electron chi connectivity index (χ0n) is 9.42. The maximum absolute atomic E-state index is 11.9. The first-order valence-corrected chi connectivity index (χ1v) is 8.76. The van der Waals surface area contributed by atoms with Crippen LogP contribution in [0.25, 0.3) is 0 Å². The van der Waals surface area contributed by atoms with Crippen molar-refractivity contribution in [2.45, 2.75) is 9.50 Å². The summed E-state index contributed by atoms with van der Waals surface area (Å²) in [6, 6.07) is 7.38. The van der Waals surface area contributed by atoms with E-state index in [0.717, 1.165) is 19.5 Å². The summed E-state index contributed by atoms with van der Waals surface area (Å²) in [6.45, 7) is 0. The van der Waals surface area contributed by atoms with Crippen molar-refractivity contribution in [1.29, 1.82) is 0 Å². The molecule has 0 saturated carbocycles. The second-order valence-electron chi connectivity index (χ2n) is 3.27. The van der Waals surface area contributed by atoms with Gasteiger partial charge in [0.2, 0.25) is 5.16 Å². The molecule has 18 heavy (non-hydrogen) atoms. The Morgan fingerprint density at radius 2 is 2.11 bits per heavy atom. The Kier molecular flexibility index (Phi) is 5.23. The molecule has 1 heterocycles. The summed E-state index contributed by atoms with van der Waals surface area (Å²) >= 11 is 7.62. The molecule has 0 saturated heterocycles. The van der Waals surface area contributed by atoms with Gasteiger partial charge in [-0.1, -0.05) is 51.6 Å². The highest BCUT2D eigenvalue weighted by atomic mass is 79.9. The number of nitrogens with zero attached hydrogens (tertiary/aromatic N) is 2. The molecule has 0 amide bonds. The Morgan fingerprint density at radius 3 is 2.72 bits per heavy atom. The smallest absolute Gasteiger partial charge is 0.200 e. The molecule has 1 aromatic carbocycles. The number of carbonyl (C=O) groups is 1. The molecule has 2 rings (SSSR count). The van der Waals surface area contributed by atoms with Crippen LogP contribution >= 0.6 is 51.0 Å². The average molecular weight is 361 g/mol. The summed E-state index contributed by atoms with van der Waals surface area (Å²) in [7, 11) is 0. The van der Waals surface area contributed by atoms with Crippen molar-refractivity contribution in [3.05, 3.63) is 34.3 Å². The van der Waals surface area contributed by atoms with Gasteiger partial charge in [0.1, 0.15) is 0 Å². The number of halogens is 1. The molecule has 0 radical (unpaired) electrons. The molecule has 2 aromatic rings. The van der Waals surface area contributed by atoms with Crippen LogP contribution in [0.15, 0.2) is 38.2 Å². The number of ketones is 1. The molecule has 0 fully saturated rings. The summed E-state index contributed by atoms with van der Waals surface area (Å²) in [5, 5.41) is 0.763. The van der Waals surface area contributed by atoms with Crippen LogP contribution in [0.2, 0.25) is 0 Å². The first-order chi connectivity index (χ1) is 8.69. The second-order valence-corrected chi connectivity index (χ2v) is 6.93. The average Bonchev–Trinajstić information content (AvgIpc) is 2.85. The van der Waals surface area contributed by atoms with Crippen molar-refractivity contribution in [3.8, 4) is 0 Å². The number of thioether (sulfide) groups is 2. The summed E-state index contributed by atoms with van der Waals surface area (Å²) in [4.78, 5) is 16.2. The van der Waals surface area contributed by atoms with Gasteiger partial charge in [-0.25, -0.2) is 4.98 Å². The van der Waals surface area contributed by atoms with E-state index < -0.39 is 0 Å². The monoisotopic (exact) mass is 360 g/mol. The van der Waals surface area contributed by atoms with Crippen LogP contribution < -0.4 is 0 Å². The van der Waals surface area contributed by atoms with Gasteiger partial charge < -0.3 is 0 Å². The van der Waals surface area contributed by atoms with Crippen molar-refractivity contribution >= 4 is 56.8 Å². The molecule has 0 atom stereocenters. The van der Waals surface area contributed by atoms with Crippen molar-refractivity contribution < 1.29 is 4.79 Å². The van der Waals surface area contributed by atoms with E-state index in [1.807, 2.05) is 30.5 Å². The van der Waals surface area contributed by atoms with Gasteiger partial charge in [0.05, 0.1) is 5.75 Å². The lowest BCUT2D eigenvalue weighted by molar-refractivity contribution is 0.102. The zero-order valence-corrected chi connectivity index (χ0v) is 13.5. The van der Waals surface area contributed by atoms with Crippen molar-refractivity contribution in [3.63, 3.8) is 0 Å². The first kappa shape index (κ1) is 14.0. The van der Waals surface area contributed by atoms with Crippen LogP contribution in [0, 0.1) is 0 Å². The number of aromatic nitrogens is 2. The molecular formula is C11H9BrN2OS3. The molecule has 1 aromatic heterocycles. The van der Waals surface area contributed by atoms with E-state index in [0.29, 0.717) is 5.75 Å². The predicted octanol–water partition coefficient (Wildman–Crippen LogP) is 4.00. The van der Waals surface area contributed by atoms with E-state index in [1.54, 1.807) is 0 Å². The van der Waals surface area contributed by atoms with Crippen molar-refractivity contribution in [2.75, 3.05) is 12.0 Å². The minimum Gasteiger partial charge on any atom is -0.293 e. The minimum absolute atomic E-state index is 0.105. The third-order valence-electron chi connectivity index (χ3n) is 2.06. The van der Waals surface area contributed by atoms with E-state index in [2.05, 4.69) is 25.3 Å². The molecule has 0 bridgehead atoms. The Bertz CT molecular complexity index is 541. The molecule has 0 aliphatic carbocycles. The van der Waals surface area contributed by atoms with Crippen molar-refractivity contribution in [1.82, 2.24) is 9.36 Å².